The van der Waals surface area contributed by atoms with Crippen molar-refractivity contribution in [3.8, 4) is 0 Å². The summed E-state index contributed by atoms with van der Waals surface area (Å²) < 4.78 is 11.2. The summed E-state index contributed by atoms with van der Waals surface area (Å²) in [5.41, 5.74) is 0. The minimum atomic E-state index is -4.48. The Balaban J connectivity index is 4.68. The van der Waals surface area contributed by atoms with Crippen molar-refractivity contribution in [2.24, 2.45) is 11.8 Å². The average Bonchev–Trinajstić information content (AvgIpc) is 2.45. The van der Waals surface area contributed by atoms with Gasteiger partial charge < -0.3 is 14.4 Å². The molecule has 0 aliphatic heterocycles. The maximum atomic E-state index is 11.2. The second-order valence-corrected chi connectivity index (χ2v) is 8.13. The molecule has 0 aromatic heterocycles. The van der Waals surface area contributed by atoms with Crippen LogP contribution in [0.1, 0.15) is 79.1 Å². The Morgan fingerprint density at radius 3 is 1.55 bits per heavy atom. The smallest absolute Gasteiger partial charge is 0.0260 e. The van der Waals surface area contributed by atoms with E-state index >= 15 is 0 Å². The highest BCUT2D eigenvalue weighted by Gasteiger charge is 2.17. The Bertz CT molecular complexity index is 288. The molecule has 0 aromatic rings. The molecule has 134 valence electrons. The molecular formula is C17H36NO3P-2. The van der Waals surface area contributed by atoms with Gasteiger partial charge in [0.2, 0.25) is 0 Å². The lowest BCUT2D eigenvalue weighted by Gasteiger charge is -2.38. The standard InChI is InChI=1S/C17H38NO3P/c1-5-9-11-16(7-3)13-18(15-22(19,20)21)14-17(8-4)12-10-6-2/h16-17H,5-15H2,1-4H3,(H2,19,20,21)/p-2. The lowest BCUT2D eigenvalue weighted by Crippen LogP contribution is -2.38. The Kier molecular flexibility index (Phi) is 12.6. The molecule has 0 amide bonds. The predicted molar refractivity (Wildman–Crippen MR) is 90.7 cm³/mol. The summed E-state index contributed by atoms with van der Waals surface area (Å²) in [5, 5.41) is 0. The van der Waals surface area contributed by atoms with Gasteiger partial charge in [-0.2, -0.15) is 0 Å². The zero-order valence-corrected chi connectivity index (χ0v) is 15.9. The van der Waals surface area contributed by atoms with Crippen LogP contribution < -0.4 is 9.79 Å². The Hall–Kier alpha value is 0.110. The summed E-state index contributed by atoms with van der Waals surface area (Å²) in [6, 6.07) is 0. The Morgan fingerprint density at radius 2 is 1.27 bits per heavy atom. The molecule has 0 aromatic carbocycles. The van der Waals surface area contributed by atoms with Gasteiger partial charge in [-0.05, 0) is 24.7 Å². The largest absolute Gasteiger partial charge is 0.810 e. The van der Waals surface area contributed by atoms with Crippen LogP contribution in [0.4, 0.5) is 0 Å². The summed E-state index contributed by atoms with van der Waals surface area (Å²) in [5.74, 6) is 0.991. The maximum absolute atomic E-state index is 11.2. The van der Waals surface area contributed by atoms with E-state index in [0.29, 0.717) is 11.8 Å². The molecule has 0 aliphatic rings. The van der Waals surface area contributed by atoms with E-state index in [9.17, 15) is 14.4 Å². The second-order valence-electron chi connectivity index (χ2n) is 6.62. The van der Waals surface area contributed by atoms with E-state index in [0.717, 1.165) is 51.6 Å². The van der Waals surface area contributed by atoms with E-state index in [1.54, 1.807) is 0 Å². The van der Waals surface area contributed by atoms with Gasteiger partial charge in [-0.25, -0.2) is 0 Å². The summed E-state index contributed by atoms with van der Waals surface area (Å²) in [7, 11) is -4.48. The van der Waals surface area contributed by atoms with Crippen LogP contribution in [-0.2, 0) is 4.57 Å². The summed E-state index contributed by atoms with van der Waals surface area (Å²) in [6.45, 7) is 10.1. The van der Waals surface area contributed by atoms with Gasteiger partial charge in [0.15, 0.2) is 0 Å². The molecule has 2 atom stereocenters. The lowest BCUT2D eigenvalue weighted by atomic mass is 9.96. The van der Waals surface area contributed by atoms with Crippen LogP contribution in [0.15, 0.2) is 0 Å². The molecule has 2 unspecified atom stereocenters. The zero-order valence-electron chi connectivity index (χ0n) is 15.1. The van der Waals surface area contributed by atoms with Crippen molar-refractivity contribution in [1.29, 1.82) is 0 Å². The lowest BCUT2D eigenvalue weighted by molar-refractivity contribution is -0.315. The highest BCUT2D eigenvalue weighted by atomic mass is 31.2. The van der Waals surface area contributed by atoms with Gasteiger partial charge in [0, 0.05) is 19.4 Å². The fourth-order valence-corrected chi connectivity index (χ4v) is 3.72. The highest BCUT2D eigenvalue weighted by molar-refractivity contribution is 7.48. The Labute approximate surface area is 137 Å². The third-order valence-corrected chi connectivity index (χ3v) is 5.24. The number of hydrogen-bond donors (Lipinski definition) is 0. The molecule has 0 spiro atoms. The van der Waals surface area contributed by atoms with E-state index in [4.69, 9.17) is 0 Å². The van der Waals surface area contributed by atoms with Crippen molar-refractivity contribution >= 4 is 7.60 Å². The maximum Gasteiger partial charge on any atom is 0.0260 e. The van der Waals surface area contributed by atoms with Crippen molar-refractivity contribution in [3.63, 3.8) is 0 Å². The van der Waals surface area contributed by atoms with Gasteiger partial charge in [-0.3, -0.25) is 4.90 Å². The highest BCUT2D eigenvalue weighted by Crippen LogP contribution is 2.28. The van der Waals surface area contributed by atoms with Gasteiger partial charge >= 0.3 is 0 Å². The van der Waals surface area contributed by atoms with Crippen LogP contribution in [-0.4, -0.2) is 24.3 Å². The topological polar surface area (TPSA) is 66.4 Å². The van der Waals surface area contributed by atoms with Crippen LogP contribution in [0.5, 0.6) is 0 Å². The Morgan fingerprint density at radius 1 is 0.864 bits per heavy atom. The fraction of sp³-hybridized carbons (Fsp3) is 1.00. The van der Waals surface area contributed by atoms with Crippen molar-refractivity contribution in [3.05, 3.63) is 0 Å². The number of rotatable bonds is 14. The van der Waals surface area contributed by atoms with Crippen LogP contribution in [0.25, 0.3) is 0 Å². The van der Waals surface area contributed by atoms with E-state index in [2.05, 4.69) is 27.7 Å². The number of hydrogen-bond acceptors (Lipinski definition) is 4. The summed E-state index contributed by atoms with van der Waals surface area (Å²) in [4.78, 5) is 24.4. The average molecular weight is 333 g/mol. The van der Waals surface area contributed by atoms with Crippen molar-refractivity contribution < 1.29 is 14.4 Å². The van der Waals surface area contributed by atoms with Gasteiger partial charge in [0.05, 0.1) is 0 Å². The summed E-state index contributed by atoms with van der Waals surface area (Å²) >= 11 is 0. The second kappa shape index (κ2) is 12.5. The van der Waals surface area contributed by atoms with Gasteiger partial charge in [-0.15, -0.1) is 0 Å². The first-order chi connectivity index (χ1) is 10.4. The molecule has 22 heavy (non-hydrogen) atoms. The van der Waals surface area contributed by atoms with Crippen molar-refractivity contribution in [2.75, 3.05) is 19.4 Å². The molecule has 4 nitrogen and oxygen atoms in total. The van der Waals surface area contributed by atoms with Crippen LogP contribution in [0, 0.1) is 11.8 Å². The van der Waals surface area contributed by atoms with Crippen molar-refractivity contribution in [1.82, 2.24) is 4.90 Å². The van der Waals surface area contributed by atoms with Crippen LogP contribution >= 0.6 is 7.60 Å². The predicted octanol–water partition coefficient (Wildman–Crippen LogP) is 3.59. The summed E-state index contributed by atoms with van der Waals surface area (Å²) in [6.07, 6.45) is 8.69. The quantitative estimate of drug-likeness (QED) is 0.456. The van der Waals surface area contributed by atoms with Gasteiger partial charge in [0.25, 0.3) is 0 Å². The van der Waals surface area contributed by atoms with E-state index < -0.39 is 7.60 Å². The molecule has 5 heteroatoms. The molecule has 0 heterocycles. The number of unbranched alkanes of at least 4 members (excludes halogenated alkanes) is 2. The van der Waals surface area contributed by atoms with Crippen LogP contribution in [0.3, 0.4) is 0 Å². The third-order valence-electron chi connectivity index (χ3n) is 4.49. The minimum absolute atomic E-state index is 0.307. The molecule has 0 saturated heterocycles. The normalized spacial score (nSPS) is 15.2. The first-order valence-electron chi connectivity index (χ1n) is 9.09. The van der Waals surface area contributed by atoms with E-state index in [1.807, 2.05) is 4.90 Å². The first-order valence-corrected chi connectivity index (χ1v) is 10.8. The molecule has 0 N–H and O–H groups in total. The van der Waals surface area contributed by atoms with Gasteiger partial charge in [0.1, 0.15) is 0 Å². The monoisotopic (exact) mass is 333 g/mol. The fourth-order valence-electron chi connectivity index (χ4n) is 3.00. The van der Waals surface area contributed by atoms with E-state index in [1.165, 1.54) is 12.8 Å². The molecule has 0 radical (unpaired) electrons. The molecule has 0 aliphatic carbocycles. The van der Waals surface area contributed by atoms with Gasteiger partial charge in [-0.1, -0.05) is 73.8 Å². The van der Waals surface area contributed by atoms with Crippen LogP contribution in [0.2, 0.25) is 0 Å². The third kappa shape index (κ3) is 11.6. The SMILES string of the molecule is CCCCC(CC)CN(CC(CC)CCCC)CP(=O)([O-])[O-]. The van der Waals surface area contributed by atoms with Crippen molar-refractivity contribution in [2.45, 2.75) is 79.1 Å². The molecule has 0 fully saturated rings. The van der Waals surface area contributed by atoms with E-state index in [-0.39, 0.29) is 6.29 Å². The molecule has 0 saturated carbocycles. The minimum Gasteiger partial charge on any atom is -0.810 e. The molecule has 0 bridgehead atoms. The number of nitrogens with zero attached hydrogens (tertiary/aromatic N) is 1. The first kappa shape index (κ1) is 22.1. The molecule has 0 rings (SSSR count). The molecular weight excluding hydrogens is 297 g/mol. The zero-order chi connectivity index (χ0) is 17.0.